The molecule has 2 heterocycles. The maximum atomic E-state index is 12.3. The number of nitrogens with zero attached hydrogens (tertiary/aromatic N) is 3. The highest BCUT2D eigenvalue weighted by molar-refractivity contribution is 14.0. The summed E-state index contributed by atoms with van der Waals surface area (Å²) in [6.07, 6.45) is -2.11. The van der Waals surface area contributed by atoms with Gasteiger partial charge in [0.25, 0.3) is 0 Å². The molecule has 1 aliphatic rings. The quantitative estimate of drug-likeness (QED) is 0.331. The number of halogens is 4. The van der Waals surface area contributed by atoms with E-state index in [9.17, 15) is 13.2 Å². The fourth-order valence-corrected chi connectivity index (χ4v) is 3.67. The number of thiophene rings is 1. The molecule has 2 N–H and O–H groups in total. The molecule has 0 aliphatic carbocycles. The molecule has 1 fully saturated rings. The lowest BCUT2D eigenvalue weighted by Crippen LogP contribution is -2.49. The number of rotatable bonds is 7. The SMILES string of the molecule is CN=C(NCCN(C)CC(F)(F)F)NC1CCN(Cc2ccsc2)CC1.I. The summed E-state index contributed by atoms with van der Waals surface area (Å²) in [5.41, 5.74) is 1.36. The average molecular weight is 519 g/mol. The van der Waals surface area contributed by atoms with Crippen molar-refractivity contribution in [2.45, 2.75) is 31.6 Å². The second-order valence-electron chi connectivity index (χ2n) is 6.68. The Bertz CT molecular complexity index is 545. The van der Waals surface area contributed by atoms with Gasteiger partial charge in [0, 0.05) is 45.8 Å². The van der Waals surface area contributed by atoms with E-state index in [1.807, 2.05) is 0 Å². The highest BCUT2D eigenvalue weighted by Crippen LogP contribution is 2.16. The smallest absolute Gasteiger partial charge is 0.355 e. The molecule has 0 spiro atoms. The first-order chi connectivity index (χ1) is 12.4. The Morgan fingerprint density at radius 2 is 2.07 bits per heavy atom. The molecule has 2 rings (SSSR count). The second kappa shape index (κ2) is 12.1. The number of hydrogen-bond acceptors (Lipinski definition) is 4. The fraction of sp³-hybridized carbons (Fsp3) is 0.706. The predicted molar refractivity (Wildman–Crippen MR) is 116 cm³/mol. The molecular formula is C17H29F3IN5S. The van der Waals surface area contributed by atoms with Crippen LogP contribution < -0.4 is 10.6 Å². The summed E-state index contributed by atoms with van der Waals surface area (Å²) < 4.78 is 36.9. The first-order valence-corrected chi connectivity index (χ1v) is 9.76. The Morgan fingerprint density at radius 3 is 2.63 bits per heavy atom. The minimum atomic E-state index is -4.16. The van der Waals surface area contributed by atoms with Crippen LogP contribution in [0.5, 0.6) is 0 Å². The van der Waals surface area contributed by atoms with E-state index in [1.54, 1.807) is 18.4 Å². The summed E-state index contributed by atoms with van der Waals surface area (Å²) in [4.78, 5) is 7.87. The summed E-state index contributed by atoms with van der Waals surface area (Å²) in [6.45, 7) is 2.87. The summed E-state index contributed by atoms with van der Waals surface area (Å²) in [7, 11) is 3.15. The van der Waals surface area contributed by atoms with Gasteiger partial charge in [-0.25, -0.2) is 0 Å². The van der Waals surface area contributed by atoms with Gasteiger partial charge in [-0.3, -0.25) is 14.8 Å². The van der Waals surface area contributed by atoms with E-state index in [1.165, 1.54) is 17.5 Å². The van der Waals surface area contributed by atoms with Crippen LogP contribution in [0, 0.1) is 0 Å². The van der Waals surface area contributed by atoms with Crippen molar-refractivity contribution in [3.05, 3.63) is 22.4 Å². The van der Waals surface area contributed by atoms with Gasteiger partial charge in [-0.2, -0.15) is 24.5 Å². The van der Waals surface area contributed by atoms with E-state index < -0.39 is 12.7 Å². The molecule has 1 saturated heterocycles. The van der Waals surface area contributed by atoms with Gasteiger partial charge in [-0.05, 0) is 42.3 Å². The average Bonchev–Trinajstić information content (AvgIpc) is 3.07. The zero-order chi connectivity index (χ0) is 19.0. The van der Waals surface area contributed by atoms with Gasteiger partial charge in [0.05, 0.1) is 6.54 Å². The van der Waals surface area contributed by atoms with Crippen LogP contribution in [0.25, 0.3) is 0 Å². The van der Waals surface area contributed by atoms with Gasteiger partial charge < -0.3 is 10.6 Å². The van der Waals surface area contributed by atoms with Gasteiger partial charge >= 0.3 is 6.18 Å². The van der Waals surface area contributed by atoms with Crippen molar-refractivity contribution in [3.63, 3.8) is 0 Å². The molecule has 10 heteroatoms. The molecule has 0 saturated carbocycles. The van der Waals surface area contributed by atoms with Crippen molar-refractivity contribution in [1.82, 2.24) is 20.4 Å². The third kappa shape index (κ3) is 9.95. The highest BCUT2D eigenvalue weighted by atomic mass is 127. The molecule has 0 radical (unpaired) electrons. The van der Waals surface area contributed by atoms with Crippen molar-refractivity contribution in [3.8, 4) is 0 Å². The van der Waals surface area contributed by atoms with Crippen LogP contribution in [0.3, 0.4) is 0 Å². The minimum absolute atomic E-state index is 0. The molecule has 0 atom stereocenters. The van der Waals surface area contributed by atoms with Crippen molar-refractivity contribution in [1.29, 1.82) is 0 Å². The largest absolute Gasteiger partial charge is 0.401 e. The van der Waals surface area contributed by atoms with Crippen LogP contribution in [-0.4, -0.2) is 74.8 Å². The Labute approximate surface area is 180 Å². The van der Waals surface area contributed by atoms with Gasteiger partial charge in [0.15, 0.2) is 5.96 Å². The van der Waals surface area contributed by atoms with E-state index in [2.05, 4.69) is 37.4 Å². The van der Waals surface area contributed by atoms with Gasteiger partial charge in [-0.1, -0.05) is 0 Å². The predicted octanol–water partition coefficient (Wildman–Crippen LogP) is 2.99. The summed E-state index contributed by atoms with van der Waals surface area (Å²) in [5, 5.41) is 10.8. The van der Waals surface area contributed by atoms with E-state index in [-0.39, 0.29) is 24.0 Å². The van der Waals surface area contributed by atoms with Gasteiger partial charge in [0.1, 0.15) is 0 Å². The van der Waals surface area contributed by atoms with Crippen LogP contribution in [0.4, 0.5) is 13.2 Å². The number of likely N-dealkylation sites (tertiary alicyclic amines) is 1. The van der Waals surface area contributed by atoms with Crippen LogP contribution in [0.2, 0.25) is 0 Å². The van der Waals surface area contributed by atoms with Crippen molar-refractivity contribution in [2.24, 2.45) is 4.99 Å². The zero-order valence-corrected chi connectivity index (χ0v) is 18.9. The third-order valence-electron chi connectivity index (χ3n) is 4.37. The highest BCUT2D eigenvalue weighted by Gasteiger charge is 2.28. The molecule has 0 unspecified atom stereocenters. The lowest BCUT2D eigenvalue weighted by Gasteiger charge is -2.33. The summed E-state index contributed by atoms with van der Waals surface area (Å²) in [6, 6.07) is 2.50. The Balaban J connectivity index is 0.00000364. The molecule has 0 bridgehead atoms. The number of nitrogens with one attached hydrogen (secondary N) is 2. The topological polar surface area (TPSA) is 42.9 Å². The first-order valence-electron chi connectivity index (χ1n) is 8.81. The Kier molecular flexibility index (Phi) is 10.9. The molecule has 1 aromatic rings. The fourth-order valence-electron chi connectivity index (χ4n) is 3.01. The number of hydrogen-bond donors (Lipinski definition) is 2. The Hall–Kier alpha value is -0.590. The summed E-state index contributed by atoms with van der Waals surface area (Å²) in [5.74, 6) is 0.654. The van der Waals surface area contributed by atoms with E-state index in [4.69, 9.17) is 0 Å². The number of likely N-dealkylation sites (N-methyl/N-ethyl adjacent to an activating group) is 1. The number of piperidine rings is 1. The van der Waals surface area contributed by atoms with Crippen molar-refractivity contribution >= 4 is 41.3 Å². The van der Waals surface area contributed by atoms with Crippen LogP contribution >= 0.6 is 35.3 Å². The van der Waals surface area contributed by atoms with Crippen molar-refractivity contribution in [2.75, 3.05) is 46.8 Å². The molecule has 1 aliphatic heterocycles. The molecule has 27 heavy (non-hydrogen) atoms. The molecule has 0 amide bonds. The van der Waals surface area contributed by atoms with Gasteiger partial charge in [-0.15, -0.1) is 24.0 Å². The maximum Gasteiger partial charge on any atom is 0.401 e. The zero-order valence-electron chi connectivity index (χ0n) is 15.8. The normalized spacial score (nSPS) is 17.0. The van der Waals surface area contributed by atoms with Crippen LogP contribution in [-0.2, 0) is 6.54 Å². The lowest BCUT2D eigenvalue weighted by molar-refractivity contribution is -0.142. The monoisotopic (exact) mass is 519 g/mol. The van der Waals surface area contributed by atoms with Crippen molar-refractivity contribution < 1.29 is 13.2 Å². The molecule has 156 valence electrons. The van der Waals surface area contributed by atoms with Gasteiger partial charge in [0.2, 0.25) is 0 Å². The maximum absolute atomic E-state index is 12.3. The van der Waals surface area contributed by atoms with Crippen LogP contribution in [0.1, 0.15) is 18.4 Å². The second-order valence-corrected chi connectivity index (χ2v) is 7.46. The third-order valence-corrected chi connectivity index (χ3v) is 5.11. The van der Waals surface area contributed by atoms with E-state index >= 15 is 0 Å². The number of guanidine groups is 1. The van der Waals surface area contributed by atoms with E-state index in [0.717, 1.165) is 32.5 Å². The Morgan fingerprint density at radius 1 is 1.37 bits per heavy atom. The number of aliphatic imine (C=N–C) groups is 1. The standard InChI is InChI=1S/C17H28F3N5S.HI/c1-21-16(22-6-9-24(2)13-17(18,19)20)23-15-3-7-25(8-4-15)11-14-5-10-26-12-14;/h5,10,12,15H,3-4,6-9,11,13H2,1-2H3,(H2,21,22,23);1H. The molecule has 5 nitrogen and oxygen atoms in total. The molecule has 0 aromatic carbocycles. The van der Waals surface area contributed by atoms with Crippen LogP contribution in [0.15, 0.2) is 21.8 Å². The number of alkyl halides is 3. The first kappa shape index (κ1) is 24.4. The molecule has 1 aromatic heterocycles. The minimum Gasteiger partial charge on any atom is -0.355 e. The lowest BCUT2D eigenvalue weighted by atomic mass is 10.0. The van der Waals surface area contributed by atoms with E-state index in [0.29, 0.717) is 25.1 Å². The molecular weight excluding hydrogens is 490 g/mol. The summed E-state index contributed by atoms with van der Waals surface area (Å²) >= 11 is 1.72.